The lowest BCUT2D eigenvalue weighted by molar-refractivity contribution is -0.0978. The number of hydrogen-bond acceptors (Lipinski definition) is 5. The summed E-state index contributed by atoms with van der Waals surface area (Å²) in [5.74, 6) is -0.298. The van der Waals surface area contributed by atoms with Crippen LogP contribution < -0.4 is 10.0 Å². The van der Waals surface area contributed by atoms with Crippen LogP contribution in [0.4, 0.5) is 0 Å². The van der Waals surface area contributed by atoms with Gasteiger partial charge in [-0.25, -0.2) is 18.1 Å². The van der Waals surface area contributed by atoms with Gasteiger partial charge in [-0.2, -0.15) is 0 Å². The summed E-state index contributed by atoms with van der Waals surface area (Å²) in [7, 11) is -3.69. The van der Waals surface area contributed by atoms with Crippen LogP contribution >= 0.6 is 0 Å². The highest BCUT2D eigenvalue weighted by Crippen LogP contribution is 2.25. The second kappa shape index (κ2) is 7.56. The molecule has 3 rings (SSSR count). The van der Waals surface area contributed by atoms with E-state index in [2.05, 4.69) is 15.0 Å². The molecule has 1 saturated heterocycles. The third-order valence-corrected chi connectivity index (χ3v) is 5.66. The molecule has 8 nitrogen and oxygen atoms in total. The molecule has 9 heteroatoms. The molecule has 0 bridgehead atoms. The lowest BCUT2D eigenvalue weighted by Gasteiger charge is -2.38. The predicted molar refractivity (Wildman–Crippen MR) is 95.1 cm³/mol. The van der Waals surface area contributed by atoms with Crippen molar-refractivity contribution in [1.29, 1.82) is 0 Å². The van der Waals surface area contributed by atoms with Crippen LogP contribution in [0.5, 0.6) is 0 Å². The zero-order chi connectivity index (χ0) is 18.6. The molecule has 0 saturated carbocycles. The highest BCUT2D eigenvalue weighted by molar-refractivity contribution is 7.89. The molecule has 0 aliphatic carbocycles. The van der Waals surface area contributed by atoms with Gasteiger partial charge in [-0.15, -0.1) is 0 Å². The first-order valence-corrected chi connectivity index (χ1v) is 9.78. The highest BCUT2D eigenvalue weighted by atomic mass is 32.2. The van der Waals surface area contributed by atoms with E-state index in [9.17, 15) is 13.2 Å². The van der Waals surface area contributed by atoms with Gasteiger partial charge in [0.15, 0.2) is 0 Å². The Morgan fingerprint density at radius 3 is 2.85 bits per heavy atom. The smallest absolute Gasteiger partial charge is 0.251 e. The summed E-state index contributed by atoms with van der Waals surface area (Å²) < 4.78 is 34.3. The van der Waals surface area contributed by atoms with Gasteiger partial charge >= 0.3 is 0 Å². The number of sulfonamides is 1. The summed E-state index contributed by atoms with van der Waals surface area (Å²) in [6.07, 6.45) is 5.01. The van der Waals surface area contributed by atoms with Crippen molar-refractivity contribution in [3.63, 3.8) is 0 Å². The van der Waals surface area contributed by atoms with Crippen molar-refractivity contribution in [3.05, 3.63) is 48.5 Å². The average Bonchev–Trinajstić information content (AvgIpc) is 3.11. The minimum absolute atomic E-state index is 0.0474. The van der Waals surface area contributed by atoms with Crippen LogP contribution in [0, 0.1) is 5.41 Å². The molecule has 1 amide bonds. The fraction of sp³-hybridized carbons (Fsp3) is 0.412. The molecule has 0 spiro atoms. The van der Waals surface area contributed by atoms with Crippen LogP contribution in [0.25, 0.3) is 0 Å². The Morgan fingerprint density at radius 1 is 1.38 bits per heavy atom. The van der Waals surface area contributed by atoms with Crippen molar-refractivity contribution in [2.45, 2.75) is 18.4 Å². The minimum atomic E-state index is -3.69. The Morgan fingerprint density at radius 2 is 2.19 bits per heavy atom. The summed E-state index contributed by atoms with van der Waals surface area (Å²) in [5.41, 5.74) is 0.264. The number of benzene rings is 1. The van der Waals surface area contributed by atoms with E-state index in [-0.39, 0.29) is 22.8 Å². The van der Waals surface area contributed by atoms with E-state index in [1.165, 1.54) is 12.1 Å². The highest BCUT2D eigenvalue weighted by Gasteiger charge is 2.33. The summed E-state index contributed by atoms with van der Waals surface area (Å²) in [6.45, 7) is 4.45. The molecule has 0 unspecified atom stereocenters. The molecule has 1 aromatic carbocycles. The molecule has 1 aromatic heterocycles. The molecule has 2 aromatic rings. The first-order valence-electron chi connectivity index (χ1n) is 8.29. The minimum Gasteiger partial charge on any atom is -0.380 e. The number of nitrogens with one attached hydrogen (secondary N) is 2. The van der Waals surface area contributed by atoms with Crippen LogP contribution in [0.15, 0.2) is 47.9 Å². The van der Waals surface area contributed by atoms with Crippen LogP contribution in [0.1, 0.15) is 17.3 Å². The van der Waals surface area contributed by atoms with Gasteiger partial charge in [0, 0.05) is 43.0 Å². The standard InChI is InChI=1S/C17H22N4O4S/c1-17(11-25-12-17)10-19-16(22)14-3-2-4-15(9-14)26(23,24)20-6-8-21-7-5-18-13-21/h2-5,7,9,13,20H,6,8,10-12H2,1H3,(H,19,22). The number of imidazole rings is 1. The van der Waals surface area contributed by atoms with E-state index in [0.717, 1.165) is 0 Å². The number of carbonyl (C=O) groups is 1. The van der Waals surface area contributed by atoms with Crippen LogP contribution in [0.3, 0.4) is 0 Å². The topological polar surface area (TPSA) is 102 Å². The molecule has 1 fully saturated rings. The van der Waals surface area contributed by atoms with E-state index >= 15 is 0 Å². The number of rotatable bonds is 8. The molecule has 2 N–H and O–H groups in total. The van der Waals surface area contributed by atoms with Crippen molar-refractivity contribution < 1.29 is 17.9 Å². The number of hydrogen-bond donors (Lipinski definition) is 2. The summed E-state index contributed by atoms with van der Waals surface area (Å²) >= 11 is 0. The van der Waals surface area contributed by atoms with E-state index in [0.29, 0.717) is 31.9 Å². The molecule has 0 atom stereocenters. The zero-order valence-electron chi connectivity index (χ0n) is 14.5. The van der Waals surface area contributed by atoms with Crippen molar-refractivity contribution in [3.8, 4) is 0 Å². The Balaban J connectivity index is 1.60. The molecule has 2 heterocycles. The molecule has 0 radical (unpaired) electrons. The van der Waals surface area contributed by atoms with Crippen LogP contribution in [-0.2, 0) is 21.3 Å². The quantitative estimate of drug-likeness (QED) is 0.701. The maximum absolute atomic E-state index is 12.4. The van der Waals surface area contributed by atoms with E-state index < -0.39 is 10.0 Å². The third kappa shape index (κ3) is 4.48. The van der Waals surface area contributed by atoms with Gasteiger partial charge in [0.1, 0.15) is 0 Å². The summed E-state index contributed by atoms with van der Waals surface area (Å²) in [4.78, 5) is 16.3. The zero-order valence-corrected chi connectivity index (χ0v) is 15.3. The van der Waals surface area contributed by atoms with Crippen molar-refractivity contribution >= 4 is 15.9 Å². The molecule has 1 aliphatic heterocycles. The van der Waals surface area contributed by atoms with Gasteiger partial charge in [-0.1, -0.05) is 13.0 Å². The molecule has 140 valence electrons. The van der Waals surface area contributed by atoms with Gasteiger partial charge in [0.05, 0.1) is 24.4 Å². The predicted octanol–water partition coefficient (Wildman–Crippen LogP) is 0.628. The van der Waals surface area contributed by atoms with Crippen molar-refractivity contribution in [2.75, 3.05) is 26.3 Å². The summed E-state index contributed by atoms with van der Waals surface area (Å²) in [6, 6.07) is 6.01. The molecular weight excluding hydrogens is 356 g/mol. The lowest BCUT2D eigenvalue weighted by atomic mass is 9.89. The monoisotopic (exact) mass is 378 g/mol. The maximum atomic E-state index is 12.4. The molecule has 26 heavy (non-hydrogen) atoms. The van der Waals surface area contributed by atoms with Gasteiger partial charge < -0.3 is 14.6 Å². The first kappa shape index (κ1) is 18.6. The van der Waals surface area contributed by atoms with Gasteiger partial charge in [-0.05, 0) is 18.2 Å². The first-order chi connectivity index (χ1) is 12.4. The average molecular weight is 378 g/mol. The Kier molecular flexibility index (Phi) is 5.40. The largest absolute Gasteiger partial charge is 0.380 e. The number of aromatic nitrogens is 2. The van der Waals surface area contributed by atoms with Gasteiger partial charge in [0.25, 0.3) is 5.91 Å². The van der Waals surface area contributed by atoms with E-state index in [1.807, 2.05) is 6.92 Å². The number of carbonyl (C=O) groups excluding carboxylic acids is 1. The van der Waals surface area contributed by atoms with Gasteiger partial charge in [0.2, 0.25) is 10.0 Å². The molecular formula is C17H22N4O4S. The van der Waals surface area contributed by atoms with Crippen LogP contribution in [-0.4, -0.2) is 50.2 Å². The normalized spacial score (nSPS) is 16.0. The second-order valence-electron chi connectivity index (χ2n) is 6.71. The number of amides is 1. The lowest BCUT2D eigenvalue weighted by Crippen LogP contribution is -2.48. The number of nitrogens with zero attached hydrogens (tertiary/aromatic N) is 2. The summed E-state index contributed by atoms with van der Waals surface area (Å²) in [5, 5.41) is 2.84. The van der Waals surface area contributed by atoms with Crippen molar-refractivity contribution in [1.82, 2.24) is 19.6 Å². The Bertz CT molecular complexity index is 861. The van der Waals surface area contributed by atoms with Crippen LogP contribution in [0.2, 0.25) is 0 Å². The number of ether oxygens (including phenoxy) is 1. The van der Waals surface area contributed by atoms with E-state index in [4.69, 9.17) is 4.74 Å². The van der Waals surface area contributed by atoms with Gasteiger partial charge in [-0.3, -0.25) is 4.79 Å². The van der Waals surface area contributed by atoms with Crippen molar-refractivity contribution in [2.24, 2.45) is 5.41 Å². The Hall–Kier alpha value is -2.23. The fourth-order valence-electron chi connectivity index (χ4n) is 2.56. The molecule has 1 aliphatic rings. The second-order valence-corrected chi connectivity index (χ2v) is 8.48. The fourth-order valence-corrected chi connectivity index (χ4v) is 3.63. The SMILES string of the molecule is CC1(CNC(=O)c2cccc(S(=O)(=O)NCCn3ccnc3)c2)COC1. The maximum Gasteiger partial charge on any atom is 0.251 e. The van der Waals surface area contributed by atoms with E-state index in [1.54, 1.807) is 35.4 Å². The third-order valence-electron chi connectivity index (χ3n) is 4.20. The Labute approximate surface area is 152 Å².